The van der Waals surface area contributed by atoms with Crippen molar-refractivity contribution in [3.8, 4) is 5.75 Å². The van der Waals surface area contributed by atoms with Crippen molar-refractivity contribution in [2.24, 2.45) is 0 Å². The van der Waals surface area contributed by atoms with Gasteiger partial charge in [0.1, 0.15) is 11.6 Å². The van der Waals surface area contributed by atoms with Gasteiger partial charge < -0.3 is 10.0 Å². The van der Waals surface area contributed by atoms with Gasteiger partial charge in [-0.3, -0.25) is 9.69 Å². The Balaban J connectivity index is 1.53. The van der Waals surface area contributed by atoms with Gasteiger partial charge in [-0.05, 0) is 62.2 Å². The molecule has 0 radical (unpaired) electrons. The van der Waals surface area contributed by atoms with Crippen LogP contribution in [0, 0.1) is 12.7 Å². The predicted octanol–water partition coefficient (Wildman–Crippen LogP) is 5.15. The Morgan fingerprint density at radius 1 is 1.03 bits per heavy atom. The molecule has 160 valence electrons. The zero-order chi connectivity index (χ0) is 21.8. The van der Waals surface area contributed by atoms with Gasteiger partial charge in [-0.2, -0.15) is 0 Å². The van der Waals surface area contributed by atoms with Crippen LogP contribution in [0.5, 0.6) is 5.75 Å². The second-order valence-electron chi connectivity index (χ2n) is 8.16. The van der Waals surface area contributed by atoms with Gasteiger partial charge >= 0.3 is 0 Å². The number of benzene rings is 3. The summed E-state index contributed by atoms with van der Waals surface area (Å²) in [6, 6.07) is 21.2. The lowest BCUT2D eigenvalue weighted by atomic mass is 9.99. The molecule has 1 aliphatic rings. The third kappa shape index (κ3) is 4.94. The molecule has 1 N–H and O–H groups in total. The highest BCUT2D eigenvalue weighted by molar-refractivity contribution is 6.06. The molecule has 1 heterocycles. The van der Waals surface area contributed by atoms with Crippen molar-refractivity contribution in [2.45, 2.75) is 32.4 Å². The molecule has 4 nitrogen and oxygen atoms in total. The molecule has 1 amide bonds. The number of aryl methyl sites for hydroxylation is 1. The van der Waals surface area contributed by atoms with Crippen molar-refractivity contribution >= 4 is 11.6 Å². The zero-order valence-corrected chi connectivity index (χ0v) is 17.7. The van der Waals surface area contributed by atoms with Crippen LogP contribution in [-0.4, -0.2) is 35.0 Å². The molecule has 0 bridgehead atoms. The van der Waals surface area contributed by atoms with Crippen molar-refractivity contribution in [3.63, 3.8) is 0 Å². The average Bonchev–Trinajstić information content (AvgIpc) is 2.78. The summed E-state index contributed by atoms with van der Waals surface area (Å²) in [6.45, 7) is 4.29. The lowest BCUT2D eigenvalue weighted by Gasteiger charge is -2.38. The molecule has 4 rings (SSSR count). The summed E-state index contributed by atoms with van der Waals surface area (Å²) in [5, 5.41) is 10.1. The Bertz CT molecular complexity index is 1040. The summed E-state index contributed by atoms with van der Waals surface area (Å²) < 4.78 is 13.5. The lowest BCUT2D eigenvalue weighted by molar-refractivity contribution is 0.0958. The Labute approximate surface area is 182 Å². The second-order valence-corrected chi connectivity index (χ2v) is 8.16. The molecule has 1 saturated heterocycles. The highest BCUT2D eigenvalue weighted by Crippen LogP contribution is 2.28. The average molecular weight is 419 g/mol. The highest BCUT2D eigenvalue weighted by Gasteiger charge is 2.30. The minimum absolute atomic E-state index is 0.0269. The number of amides is 1. The van der Waals surface area contributed by atoms with E-state index in [1.165, 1.54) is 12.1 Å². The van der Waals surface area contributed by atoms with E-state index < -0.39 is 0 Å². The number of nitrogens with zero attached hydrogens (tertiary/aromatic N) is 2. The number of anilines is 1. The first kappa shape index (κ1) is 21.1. The fraction of sp³-hybridized carbons (Fsp3) is 0.269. The van der Waals surface area contributed by atoms with Gasteiger partial charge in [-0.1, -0.05) is 35.9 Å². The van der Waals surface area contributed by atoms with Crippen LogP contribution in [-0.2, 0) is 6.54 Å². The largest absolute Gasteiger partial charge is 0.508 e. The SMILES string of the molecule is Cc1cccc(C(=O)N(c2ccc(F)cc2)C2CCN(Cc3ccccc3O)CC2)c1. The number of aromatic hydroxyl groups is 1. The van der Waals surface area contributed by atoms with Crippen LogP contribution in [0.2, 0.25) is 0 Å². The number of carbonyl (C=O) groups is 1. The smallest absolute Gasteiger partial charge is 0.258 e. The number of hydrogen-bond donors (Lipinski definition) is 1. The third-order valence-corrected chi connectivity index (χ3v) is 5.90. The molecule has 5 heteroatoms. The Kier molecular flexibility index (Phi) is 6.33. The maximum Gasteiger partial charge on any atom is 0.258 e. The van der Waals surface area contributed by atoms with E-state index in [4.69, 9.17) is 0 Å². The van der Waals surface area contributed by atoms with Gasteiger partial charge in [0.05, 0.1) is 0 Å². The number of phenols is 1. The first-order valence-corrected chi connectivity index (χ1v) is 10.7. The first-order chi connectivity index (χ1) is 15.0. The third-order valence-electron chi connectivity index (χ3n) is 5.90. The van der Waals surface area contributed by atoms with Gasteiger partial charge in [0, 0.05) is 42.5 Å². The molecule has 0 saturated carbocycles. The van der Waals surface area contributed by atoms with Crippen LogP contribution < -0.4 is 4.90 Å². The van der Waals surface area contributed by atoms with E-state index in [2.05, 4.69) is 4.90 Å². The maximum atomic E-state index is 13.5. The summed E-state index contributed by atoms with van der Waals surface area (Å²) >= 11 is 0. The molecule has 3 aromatic rings. The Morgan fingerprint density at radius 3 is 2.42 bits per heavy atom. The number of likely N-dealkylation sites (tertiary alicyclic amines) is 1. The van der Waals surface area contributed by atoms with Crippen molar-refractivity contribution in [1.82, 2.24) is 4.90 Å². The van der Waals surface area contributed by atoms with Crippen LogP contribution in [0.25, 0.3) is 0 Å². The number of hydrogen-bond acceptors (Lipinski definition) is 3. The molecule has 0 atom stereocenters. The molecule has 0 aromatic heterocycles. The second kappa shape index (κ2) is 9.31. The summed E-state index contributed by atoms with van der Waals surface area (Å²) in [6.07, 6.45) is 1.62. The van der Waals surface area contributed by atoms with Gasteiger partial charge in [0.15, 0.2) is 0 Å². The Morgan fingerprint density at radius 2 is 1.74 bits per heavy atom. The van der Waals surface area contributed by atoms with Crippen molar-refractivity contribution in [3.05, 3.63) is 95.3 Å². The van der Waals surface area contributed by atoms with Crippen molar-refractivity contribution < 1.29 is 14.3 Å². The molecule has 1 aliphatic heterocycles. The van der Waals surface area contributed by atoms with E-state index in [-0.39, 0.29) is 17.8 Å². The molecule has 1 fully saturated rings. The van der Waals surface area contributed by atoms with Gasteiger partial charge in [0.2, 0.25) is 0 Å². The summed E-state index contributed by atoms with van der Waals surface area (Å²) in [5.41, 5.74) is 3.29. The number of carbonyl (C=O) groups excluding carboxylic acids is 1. The van der Waals surface area contributed by atoms with Crippen LogP contribution in [0.4, 0.5) is 10.1 Å². The molecule has 3 aromatic carbocycles. The Hall–Kier alpha value is -3.18. The van der Waals surface area contributed by atoms with Crippen molar-refractivity contribution in [2.75, 3.05) is 18.0 Å². The lowest BCUT2D eigenvalue weighted by Crippen LogP contribution is -2.47. The molecule has 0 spiro atoms. The predicted molar refractivity (Wildman–Crippen MR) is 121 cm³/mol. The van der Waals surface area contributed by atoms with Gasteiger partial charge in [-0.25, -0.2) is 4.39 Å². The minimum Gasteiger partial charge on any atom is -0.508 e. The van der Waals surface area contributed by atoms with Crippen LogP contribution in [0.1, 0.15) is 34.3 Å². The highest BCUT2D eigenvalue weighted by atomic mass is 19.1. The number of piperidine rings is 1. The van der Waals surface area contributed by atoms with E-state index in [1.54, 1.807) is 18.2 Å². The van der Waals surface area contributed by atoms with Crippen molar-refractivity contribution in [1.29, 1.82) is 0 Å². The monoisotopic (exact) mass is 418 g/mol. The summed E-state index contributed by atoms with van der Waals surface area (Å²) in [5.74, 6) is -0.0640. The van der Waals surface area contributed by atoms with E-state index in [1.807, 2.05) is 54.3 Å². The number of phenolic OH excluding ortho intramolecular Hbond substituents is 1. The molecule has 31 heavy (non-hydrogen) atoms. The van der Waals surface area contributed by atoms with E-state index in [0.29, 0.717) is 23.5 Å². The topological polar surface area (TPSA) is 43.8 Å². The standard InChI is InChI=1S/C26H27FN2O2/c1-19-5-4-7-20(17-19)26(31)29(23-11-9-22(27)10-12-23)24-13-15-28(16-14-24)18-21-6-2-3-8-25(21)30/h2-12,17,24,30H,13-16,18H2,1H3. The van der Waals surface area contributed by atoms with E-state index >= 15 is 0 Å². The minimum atomic E-state index is -0.316. The van der Waals surface area contributed by atoms with Crippen LogP contribution in [0.3, 0.4) is 0 Å². The molecule has 0 aliphatic carbocycles. The number of rotatable bonds is 5. The molecular formula is C26H27FN2O2. The fourth-order valence-electron chi connectivity index (χ4n) is 4.23. The first-order valence-electron chi connectivity index (χ1n) is 10.7. The zero-order valence-electron chi connectivity index (χ0n) is 17.7. The number of halogens is 1. The molecular weight excluding hydrogens is 391 g/mol. The summed E-state index contributed by atoms with van der Waals surface area (Å²) in [7, 11) is 0. The van der Waals surface area contributed by atoms with Crippen LogP contribution >= 0.6 is 0 Å². The quantitative estimate of drug-likeness (QED) is 0.623. The summed E-state index contributed by atoms with van der Waals surface area (Å²) in [4.78, 5) is 17.6. The van der Waals surface area contributed by atoms with E-state index in [0.717, 1.165) is 37.1 Å². The fourth-order valence-corrected chi connectivity index (χ4v) is 4.23. The van der Waals surface area contributed by atoms with Gasteiger partial charge in [-0.15, -0.1) is 0 Å². The van der Waals surface area contributed by atoms with Crippen LogP contribution in [0.15, 0.2) is 72.8 Å². The normalized spacial score (nSPS) is 15.0. The van der Waals surface area contributed by atoms with E-state index in [9.17, 15) is 14.3 Å². The molecule has 0 unspecified atom stereocenters. The number of para-hydroxylation sites is 1. The maximum absolute atomic E-state index is 13.5. The van der Waals surface area contributed by atoms with Gasteiger partial charge in [0.25, 0.3) is 5.91 Å².